The fourth-order valence-electron chi connectivity index (χ4n) is 1.38. The van der Waals surface area contributed by atoms with Gasteiger partial charge in [0.05, 0.1) is 5.69 Å². The maximum absolute atomic E-state index is 11.4. The summed E-state index contributed by atoms with van der Waals surface area (Å²) in [5, 5.41) is 8.87. The lowest BCUT2D eigenvalue weighted by Crippen LogP contribution is -2.31. The third-order valence-electron chi connectivity index (χ3n) is 2.04. The second-order valence-corrected chi connectivity index (χ2v) is 3.02. The van der Waals surface area contributed by atoms with Gasteiger partial charge in [-0.1, -0.05) is 0 Å². The first-order valence-corrected chi connectivity index (χ1v) is 4.35. The Morgan fingerprint density at radius 3 is 2.44 bits per heavy atom. The monoisotopic (exact) mass is 218 g/mol. The lowest BCUT2D eigenvalue weighted by molar-refractivity contribution is -0.119. The molecule has 0 fully saturated rings. The molecule has 2 heterocycles. The minimum absolute atomic E-state index is 0.0185. The molecule has 0 radical (unpaired) electrons. The van der Waals surface area contributed by atoms with Gasteiger partial charge in [0.2, 0.25) is 0 Å². The Hall–Kier alpha value is -2.50. The van der Waals surface area contributed by atoms with E-state index >= 15 is 0 Å². The van der Waals surface area contributed by atoms with Crippen molar-refractivity contribution >= 4 is 23.5 Å². The highest BCUT2D eigenvalue weighted by Gasteiger charge is 2.29. The molecule has 16 heavy (non-hydrogen) atoms. The zero-order valence-corrected chi connectivity index (χ0v) is 7.95. The van der Waals surface area contributed by atoms with Gasteiger partial charge in [0.15, 0.2) is 5.69 Å². The smallest absolute Gasteiger partial charge is 0.356 e. The lowest BCUT2D eigenvalue weighted by Gasteiger charge is -2.14. The Bertz CT molecular complexity index is 503. The minimum atomic E-state index is -1.29. The molecule has 0 spiro atoms. The molecule has 1 aliphatic rings. The van der Waals surface area contributed by atoms with Crippen LogP contribution in [0.1, 0.15) is 10.5 Å². The number of carbonyl (C=O) groups excluding carboxylic acids is 2. The van der Waals surface area contributed by atoms with Crippen molar-refractivity contribution in [3.05, 3.63) is 36.2 Å². The van der Waals surface area contributed by atoms with E-state index in [9.17, 15) is 14.4 Å². The Labute approximate surface area is 89.8 Å². The summed E-state index contributed by atoms with van der Waals surface area (Å²) in [6.07, 6.45) is 3.45. The molecule has 1 aromatic rings. The quantitative estimate of drug-likeness (QED) is 0.717. The number of imide groups is 1. The fraction of sp³-hybridized carbons (Fsp3) is 0. The molecule has 0 saturated carbocycles. The maximum Gasteiger partial charge on any atom is 0.356 e. The highest BCUT2D eigenvalue weighted by molar-refractivity contribution is 6.29. The van der Waals surface area contributed by atoms with Crippen molar-refractivity contribution < 1.29 is 19.5 Å². The van der Waals surface area contributed by atoms with Crippen LogP contribution in [0.2, 0.25) is 0 Å². The largest absolute Gasteiger partial charge is 0.476 e. The van der Waals surface area contributed by atoms with Crippen LogP contribution in [0.25, 0.3) is 0 Å². The van der Waals surface area contributed by atoms with Crippen molar-refractivity contribution in [2.24, 2.45) is 0 Å². The summed E-state index contributed by atoms with van der Waals surface area (Å²) >= 11 is 0. The van der Waals surface area contributed by atoms with E-state index < -0.39 is 17.8 Å². The summed E-state index contributed by atoms with van der Waals surface area (Å²) < 4.78 is 0. The number of hydrogen-bond acceptors (Lipinski definition) is 4. The molecule has 1 aliphatic heterocycles. The summed E-state index contributed by atoms with van der Waals surface area (Å²) in [4.78, 5) is 38.0. The maximum atomic E-state index is 11.4. The number of nitrogens with zero attached hydrogens (tertiary/aromatic N) is 2. The van der Waals surface area contributed by atoms with Crippen molar-refractivity contribution in [1.29, 1.82) is 0 Å². The molecule has 1 N–H and O–H groups in total. The number of hydrogen-bond donors (Lipinski definition) is 1. The Balaban J connectivity index is 2.52. The molecule has 0 bridgehead atoms. The first-order chi connectivity index (χ1) is 7.61. The van der Waals surface area contributed by atoms with Gasteiger partial charge in [-0.05, 0) is 12.1 Å². The number of pyridine rings is 1. The van der Waals surface area contributed by atoms with E-state index in [1.54, 1.807) is 0 Å². The number of carboxylic acids is 1. The third-order valence-corrected chi connectivity index (χ3v) is 2.04. The molecule has 2 amide bonds. The van der Waals surface area contributed by atoms with E-state index in [4.69, 9.17) is 5.11 Å². The third kappa shape index (κ3) is 1.46. The molecule has 80 valence electrons. The summed E-state index contributed by atoms with van der Waals surface area (Å²) in [5.74, 6) is -2.43. The number of anilines is 1. The van der Waals surface area contributed by atoms with Crippen LogP contribution in [-0.4, -0.2) is 27.9 Å². The molecule has 6 nitrogen and oxygen atoms in total. The van der Waals surface area contributed by atoms with Crippen LogP contribution < -0.4 is 4.90 Å². The van der Waals surface area contributed by atoms with Crippen LogP contribution >= 0.6 is 0 Å². The van der Waals surface area contributed by atoms with Gasteiger partial charge < -0.3 is 5.11 Å². The van der Waals surface area contributed by atoms with Crippen LogP contribution in [0.3, 0.4) is 0 Å². The van der Waals surface area contributed by atoms with Crippen molar-refractivity contribution in [1.82, 2.24) is 4.98 Å². The molecule has 0 aliphatic carbocycles. The topological polar surface area (TPSA) is 87.6 Å². The molecule has 0 unspecified atom stereocenters. The first kappa shape index (κ1) is 10.0. The second-order valence-electron chi connectivity index (χ2n) is 3.02. The zero-order valence-electron chi connectivity index (χ0n) is 7.95. The highest BCUT2D eigenvalue weighted by atomic mass is 16.4. The molecule has 2 rings (SSSR count). The second kappa shape index (κ2) is 3.58. The van der Waals surface area contributed by atoms with Crippen LogP contribution in [-0.2, 0) is 9.59 Å². The molecule has 0 atom stereocenters. The van der Waals surface area contributed by atoms with E-state index in [2.05, 4.69) is 4.98 Å². The van der Waals surface area contributed by atoms with E-state index in [-0.39, 0.29) is 11.4 Å². The lowest BCUT2D eigenvalue weighted by atomic mass is 10.2. The van der Waals surface area contributed by atoms with Crippen LogP contribution in [0.4, 0.5) is 5.69 Å². The average molecular weight is 218 g/mol. The normalized spacial score (nSPS) is 14.6. The van der Waals surface area contributed by atoms with Crippen molar-refractivity contribution in [2.45, 2.75) is 0 Å². The van der Waals surface area contributed by atoms with E-state index in [0.29, 0.717) is 0 Å². The van der Waals surface area contributed by atoms with Gasteiger partial charge in [-0.25, -0.2) is 14.7 Å². The van der Waals surface area contributed by atoms with Crippen molar-refractivity contribution in [3.8, 4) is 0 Å². The van der Waals surface area contributed by atoms with Crippen LogP contribution in [0, 0.1) is 0 Å². The molecule has 1 aromatic heterocycles. The van der Waals surface area contributed by atoms with Crippen LogP contribution in [0.5, 0.6) is 0 Å². The summed E-state index contributed by atoms with van der Waals surface area (Å²) in [6, 6.07) is 2.82. The first-order valence-electron chi connectivity index (χ1n) is 4.35. The average Bonchev–Trinajstić information content (AvgIpc) is 2.58. The summed E-state index contributed by atoms with van der Waals surface area (Å²) in [7, 11) is 0. The minimum Gasteiger partial charge on any atom is -0.476 e. The molecule has 0 aromatic carbocycles. The summed E-state index contributed by atoms with van der Waals surface area (Å²) in [5.41, 5.74) is -0.345. The fourth-order valence-corrected chi connectivity index (χ4v) is 1.38. The number of rotatable bonds is 2. The number of aromatic nitrogens is 1. The number of carbonyl (C=O) groups is 3. The molecule has 6 heteroatoms. The highest BCUT2D eigenvalue weighted by Crippen LogP contribution is 2.21. The Kier molecular flexibility index (Phi) is 2.24. The van der Waals surface area contributed by atoms with Gasteiger partial charge in [0.1, 0.15) is 0 Å². The SMILES string of the molecule is O=C(O)c1ncccc1N1C(=O)C=CC1=O. The standard InChI is InChI=1S/C10H6N2O4/c13-7-3-4-8(14)12(7)6-2-1-5-11-9(6)10(15)16/h1-5H,(H,15,16). The Morgan fingerprint density at radius 1 is 1.25 bits per heavy atom. The van der Waals surface area contributed by atoms with Gasteiger partial charge in [0, 0.05) is 18.3 Å². The van der Waals surface area contributed by atoms with E-state index in [0.717, 1.165) is 17.1 Å². The predicted octanol–water partition coefficient (Wildman–Crippen LogP) is 0.209. The summed E-state index contributed by atoms with van der Waals surface area (Å²) in [6.45, 7) is 0. The van der Waals surface area contributed by atoms with E-state index in [1.165, 1.54) is 18.3 Å². The van der Waals surface area contributed by atoms with Gasteiger partial charge in [-0.3, -0.25) is 9.59 Å². The van der Waals surface area contributed by atoms with Crippen molar-refractivity contribution in [2.75, 3.05) is 4.90 Å². The van der Waals surface area contributed by atoms with Gasteiger partial charge in [0.25, 0.3) is 11.8 Å². The van der Waals surface area contributed by atoms with E-state index in [1.807, 2.05) is 0 Å². The number of carboxylic acid groups (broad SMARTS) is 1. The van der Waals surface area contributed by atoms with Gasteiger partial charge in [-0.2, -0.15) is 0 Å². The van der Waals surface area contributed by atoms with Crippen LogP contribution in [0.15, 0.2) is 30.5 Å². The zero-order chi connectivity index (χ0) is 11.7. The van der Waals surface area contributed by atoms with Crippen molar-refractivity contribution in [3.63, 3.8) is 0 Å². The molecular formula is C10H6N2O4. The number of amides is 2. The predicted molar refractivity (Wildman–Crippen MR) is 52.8 cm³/mol. The Morgan fingerprint density at radius 2 is 1.88 bits per heavy atom. The molecule has 0 saturated heterocycles. The number of aromatic carboxylic acids is 1. The molecular weight excluding hydrogens is 212 g/mol. The van der Waals surface area contributed by atoms with Gasteiger partial charge >= 0.3 is 5.97 Å². The van der Waals surface area contributed by atoms with Gasteiger partial charge in [-0.15, -0.1) is 0 Å².